The van der Waals surface area contributed by atoms with Crippen LogP contribution in [-0.4, -0.2) is 48.2 Å². The van der Waals surface area contributed by atoms with Crippen molar-refractivity contribution < 1.29 is 9.53 Å². The number of hydrogen-bond acceptors (Lipinski definition) is 6. The summed E-state index contributed by atoms with van der Waals surface area (Å²) in [5.41, 5.74) is 5.36. The molecule has 17 heavy (non-hydrogen) atoms. The lowest BCUT2D eigenvalue weighted by molar-refractivity contribution is 0.0806. The zero-order valence-corrected chi connectivity index (χ0v) is 9.35. The predicted molar refractivity (Wildman–Crippen MR) is 61.6 cm³/mol. The zero-order chi connectivity index (χ0) is 12.1. The number of aromatic nitrogens is 2. The highest BCUT2D eigenvalue weighted by molar-refractivity contribution is 5.95. The smallest absolute Gasteiger partial charge is 0.271 e. The largest absolute Gasteiger partial charge is 0.378 e. The molecule has 92 valence electrons. The van der Waals surface area contributed by atoms with Gasteiger partial charge in [0, 0.05) is 31.5 Å². The lowest BCUT2D eigenvalue weighted by Gasteiger charge is -2.24. The number of amides is 1. The molecule has 0 saturated carbocycles. The van der Waals surface area contributed by atoms with Crippen LogP contribution in [0.2, 0.25) is 0 Å². The van der Waals surface area contributed by atoms with Crippen LogP contribution in [0.4, 0.5) is 5.82 Å². The van der Waals surface area contributed by atoms with E-state index in [1.807, 2.05) is 0 Å². The highest BCUT2D eigenvalue weighted by Crippen LogP contribution is 2.07. The van der Waals surface area contributed by atoms with Gasteiger partial charge in [-0.25, -0.2) is 9.97 Å². The molecule has 1 fully saturated rings. The summed E-state index contributed by atoms with van der Waals surface area (Å²) in [5.74, 6) is -0.180. The fourth-order valence-corrected chi connectivity index (χ4v) is 1.62. The maximum Gasteiger partial charge on any atom is 0.271 e. The van der Waals surface area contributed by atoms with Crippen molar-refractivity contribution in [3.63, 3.8) is 0 Å². The lowest BCUT2D eigenvalue weighted by atomic mass is 10.2. The summed E-state index contributed by atoms with van der Waals surface area (Å²) in [6.07, 6.45) is 2.95. The fourth-order valence-electron chi connectivity index (χ4n) is 1.62. The molecule has 1 aromatic rings. The van der Waals surface area contributed by atoms with Crippen LogP contribution in [0.15, 0.2) is 12.4 Å². The van der Waals surface area contributed by atoms with E-state index in [1.54, 1.807) is 0 Å². The second-order valence-corrected chi connectivity index (χ2v) is 3.72. The van der Waals surface area contributed by atoms with Crippen LogP contribution in [-0.2, 0) is 4.74 Å². The van der Waals surface area contributed by atoms with Crippen LogP contribution in [0, 0.1) is 0 Å². The van der Waals surface area contributed by atoms with Crippen molar-refractivity contribution in [2.75, 3.05) is 31.6 Å². The molecule has 0 aliphatic carbocycles. The summed E-state index contributed by atoms with van der Waals surface area (Å²) < 4.78 is 5.32. The molecule has 0 bridgehead atoms. The molecule has 7 heteroatoms. The third kappa shape index (κ3) is 3.11. The molecule has 1 aromatic heterocycles. The monoisotopic (exact) mass is 237 g/mol. The van der Waals surface area contributed by atoms with Crippen molar-refractivity contribution in [2.45, 2.75) is 6.04 Å². The SMILES string of the molecule is NC(=O)c1nccnc1NCC1COCCN1. The highest BCUT2D eigenvalue weighted by Gasteiger charge is 2.15. The summed E-state index contributed by atoms with van der Waals surface area (Å²) in [5, 5.41) is 6.33. The van der Waals surface area contributed by atoms with Crippen LogP contribution in [0.25, 0.3) is 0 Å². The Balaban J connectivity index is 1.96. The standard InChI is InChI=1S/C10H15N5O2/c11-9(16)8-10(14-2-1-13-8)15-5-7-6-17-4-3-12-7/h1-2,7,12H,3-6H2,(H2,11,16)(H,14,15). The van der Waals surface area contributed by atoms with Crippen LogP contribution < -0.4 is 16.4 Å². The Morgan fingerprint density at radius 3 is 3.12 bits per heavy atom. The van der Waals surface area contributed by atoms with Gasteiger partial charge in [0.05, 0.1) is 13.2 Å². The van der Waals surface area contributed by atoms with Crippen molar-refractivity contribution >= 4 is 11.7 Å². The van der Waals surface area contributed by atoms with E-state index < -0.39 is 5.91 Å². The average Bonchev–Trinajstić information content (AvgIpc) is 2.38. The van der Waals surface area contributed by atoms with Crippen LogP contribution in [0.3, 0.4) is 0 Å². The molecule has 1 aliphatic heterocycles. The van der Waals surface area contributed by atoms with Gasteiger partial charge >= 0.3 is 0 Å². The van der Waals surface area contributed by atoms with E-state index in [-0.39, 0.29) is 11.7 Å². The maximum absolute atomic E-state index is 11.1. The molecule has 1 amide bonds. The number of nitrogens with one attached hydrogen (secondary N) is 2. The molecule has 1 saturated heterocycles. The molecule has 2 heterocycles. The maximum atomic E-state index is 11.1. The third-order valence-electron chi connectivity index (χ3n) is 2.45. The molecule has 0 radical (unpaired) electrons. The molecule has 1 unspecified atom stereocenters. The Labute approximate surface area is 98.8 Å². The summed E-state index contributed by atoms with van der Waals surface area (Å²) in [6.45, 7) is 2.81. The first kappa shape index (κ1) is 11.7. The van der Waals surface area contributed by atoms with Gasteiger partial charge in [0.1, 0.15) is 0 Å². The van der Waals surface area contributed by atoms with Crippen molar-refractivity contribution in [1.29, 1.82) is 0 Å². The number of anilines is 1. The second kappa shape index (κ2) is 5.55. The first-order valence-electron chi connectivity index (χ1n) is 5.43. The van der Waals surface area contributed by atoms with Gasteiger partial charge in [-0.05, 0) is 0 Å². The Bertz CT molecular complexity index is 392. The second-order valence-electron chi connectivity index (χ2n) is 3.72. The Hall–Kier alpha value is -1.73. The number of hydrogen-bond donors (Lipinski definition) is 3. The number of carbonyl (C=O) groups is 1. The summed E-state index contributed by atoms with van der Waals surface area (Å²) in [7, 11) is 0. The first-order chi connectivity index (χ1) is 8.27. The Morgan fingerprint density at radius 1 is 1.59 bits per heavy atom. The van der Waals surface area contributed by atoms with E-state index in [4.69, 9.17) is 10.5 Å². The summed E-state index contributed by atoms with van der Waals surface area (Å²) in [4.78, 5) is 19.0. The van der Waals surface area contributed by atoms with E-state index in [0.717, 1.165) is 13.2 Å². The molecule has 0 spiro atoms. The lowest BCUT2D eigenvalue weighted by Crippen LogP contribution is -2.45. The molecule has 1 aliphatic rings. The highest BCUT2D eigenvalue weighted by atomic mass is 16.5. The van der Waals surface area contributed by atoms with E-state index in [2.05, 4.69) is 20.6 Å². The van der Waals surface area contributed by atoms with E-state index >= 15 is 0 Å². The number of carbonyl (C=O) groups excluding carboxylic acids is 1. The minimum absolute atomic E-state index is 0.157. The zero-order valence-electron chi connectivity index (χ0n) is 9.35. The summed E-state index contributed by atoms with van der Waals surface area (Å²) in [6, 6.07) is 0.200. The van der Waals surface area contributed by atoms with Gasteiger partial charge in [0.2, 0.25) is 0 Å². The minimum Gasteiger partial charge on any atom is -0.378 e. The molecular weight excluding hydrogens is 222 g/mol. The number of ether oxygens (including phenoxy) is 1. The molecule has 4 N–H and O–H groups in total. The van der Waals surface area contributed by atoms with E-state index in [9.17, 15) is 4.79 Å². The van der Waals surface area contributed by atoms with Gasteiger partial charge in [-0.15, -0.1) is 0 Å². The topological polar surface area (TPSA) is 102 Å². The number of morpholine rings is 1. The van der Waals surface area contributed by atoms with Crippen LogP contribution in [0.5, 0.6) is 0 Å². The Kier molecular flexibility index (Phi) is 3.84. The molecule has 2 rings (SSSR count). The van der Waals surface area contributed by atoms with Gasteiger partial charge in [0.15, 0.2) is 11.5 Å². The average molecular weight is 237 g/mol. The van der Waals surface area contributed by atoms with E-state index in [0.29, 0.717) is 19.0 Å². The predicted octanol–water partition coefficient (Wildman–Crippen LogP) is -1.02. The Morgan fingerprint density at radius 2 is 2.41 bits per heavy atom. The quantitative estimate of drug-likeness (QED) is 0.619. The molecule has 7 nitrogen and oxygen atoms in total. The first-order valence-corrected chi connectivity index (χ1v) is 5.43. The van der Waals surface area contributed by atoms with E-state index in [1.165, 1.54) is 12.4 Å². The van der Waals surface area contributed by atoms with Crippen molar-refractivity contribution in [3.05, 3.63) is 18.1 Å². The third-order valence-corrected chi connectivity index (χ3v) is 2.45. The van der Waals surface area contributed by atoms with Crippen LogP contribution >= 0.6 is 0 Å². The number of primary amides is 1. The normalized spacial score (nSPS) is 19.9. The van der Waals surface area contributed by atoms with Gasteiger partial charge in [-0.3, -0.25) is 4.79 Å². The summed E-state index contributed by atoms with van der Waals surface area (Å²) >= 11 is 0. The van der Waals surface area contributed by atoms with Crippen LogP contribution in [0.1, 0.15) is 10.5 Å². The molecular formula is C10H15N5O2. The van der Waals surface area contributed by atoms with Crippen molar-refractivity contribution in [3.8, 4) is 0 Å². The van der Waals surface area contributed by atoms with Gasteiger partial charge in [0.25, 0.3) is 5.91 Å². The fraction of sp³-hybridized carbons (Fsp3) is 0.500. The number of nitrogens with two attached hydrogens (primary N) is 1. The molecule has 0 aromatic carbocycles. The van der Waals surface area contributed by atoms with Gasteiger partial charge in [-0.1, -0.05) is 0 Å². The van der Waals surface area contributed by atoms with Crippen molar-refractivity contribution in [2.24, 2.45) is 5.73 Å². The minimum atomic E-state index is -0.589. The molecule has 1 atom stereocenters. The van der Waals surface area contributed by atoms with Crippen molar-refractivity contribution in [1.82, 2.24) is 15.3 Å². The van der Waals surface area contributed by atoms with Gasteiger partial charge in [-0.2, -0.15) is 0 Å². The van der Waals surface area contributed by atoms with Gasteiger partial charge < -0.3 is 21.1 Å². The number of nitrogens with zero attached hydrogens (tertiary/aromatic N) is 2. The number of rotatable bonds is 4.